The van der Waals surface area contributed by atoms with Crippen molar-refractivity contribution in [2.75, 3.05) is 0 Å². The standard InChI is InChI=1S/C11H12O/c1-2-6-11(12)9-10-7-4-3-5-8-10/h3-8,11-12H,1,9H2. The van der Waals surface area contributed by atoms with Gasteiger partial charge in [-0.25, -0.2) is 0 Å². The molecule has 12 heavy (non-hydrogen) atoms. The number of aliphatic hydroxyl groups is 1. The predicted molar refractivity (Wildman–Crippen MR) is 49.9 cm³/mol. The molecule has 1 aromatic rings. The summed E-state index contributed by atoms with van der Waals surface area (Å²) in [6, 6.07) is 9.85. The second-order valence-electron chi connectivity index (χ2n) is 2.63. The molecule has 0 spiro atoms. The second-order valence-corrected chi connectivity index (χ2v) is 2.63. The molecule has 1 N–H and O–H groups in total. The minimum absolute atomic E-state index is 0.468. The molecule has 0 heterocycles. The lowest BCUT2D eigenvalue weighted by molar-refractivity contribution is 0.224. The van der Waals surface area contributed by atoms with Crippen molar-refractivity contribution in [3.8, 4) is 0 Å². The molecule has 62 valence electrons. The Hall–Kier alpha value is -1.30. The van der Waals surface area contributed by atoms with Gasteiger partial charge >= 0.3 is 0 Å². The van der Waals surface area contributed by atoms with E-state index in [4.69, 9.17) is 0 Å². The van der Waals surface area contributed by atoms with Gasteiger partial charge in [-0.3, -0.25) is 0 Å². The van der Waals surface area contributed by atoms with Gasteiger partial charge in [0.1, 0.15) is 0 Å². The SMILES string of the molecule is C=C=CC(O)Cc1ccccc1. The molecule has 1 heteroatoms. The quantitative estimate of drug-likeness (QED) is 0.670. The fraction of sp³-hybridized carbons (Fsp3) is 0.182. The summed E-state index contributed by atoms with van der Waals surface area (Å²) < 4.78 is 0. The van der Waals surface area contributed by atoms with Crippen LogP contribution in [0.5, 0.6) is 0 Å². The van der Waals surface area contributed by atoms with E-state index in [1.54, 1.807) is 6.08 Å². The van der Waals surface area contributed by atoms with Gasteiger partial charge in [-0.15, -0.1) is 5.73 Å². The summed E-state index contributed by atoms with van der Waals surface area (Å²) in [5.74, 6) is 0. The van der Waals surface area contributed by atoms with Crippen molar-refractivity contribution in [3.05, 3.63) is 54.3 Å². The van der Waals surface area contributed by atoms with Crippen LogP contribution in [0.2, 0.25) is 0 Å². The lowest BCUT2D eigenvalue weighted by atomic mass is 10.1. The third-order valence-corrected chi connectivity index (χ3v) is 1.60. The van der Waals surface area contributed by atoms with Gasteiger partial charge in [-0.1, -0.05) is 36.9 Å². The average Bonchev–Trinajstić information content (AvgIpc) is 2.06. The molecule has 1 unspecified atom stereocenters. The lowest BCUT2D eigenvalue weighted by Crippen LogP contribution is -2.05. The molecule has 0 fully saturated rings. The second kappa shape index (κ2) is 4.55. The van der Waals surface area contributed by atoms with Crippen LogP contribution in [0.4, 0.5) is 0 Å². The van der Waals surface area contributed by atoms with Crippen molar-refractivity contribution in [1.29, 1.82) is 0 Å². The summed E-state index contributed by atoms with van der Waals surface area (Å²) in [6.07, 6.45) is 1.72. The molecule has 1 atom stereocenters. The minimum atomic E-state index is -0.468. The van der Waals surface area contributed by atoms with E-state index in [0.717, 1.165) is 5.56 Å². The third-order valence-electron chi connectivity index (χ3n) is 1.60. The van der Waals surface area contributed by atoms with Crippen LogP contribution in [0, 0.1) is 0 Å². The summed E-state index contributed by atoms with van der Waals surface area (Å²) >= 11 is 0. The van der Waals surface area contributed by atoms with Crippen molar-refractivity contribution in [2.24, 2.45) is 0 Å². The van der Waals surface area contributed by atoms with Gasteiger partial charge in [0.05, 0.1) is 6.10 Å². The molecule has 0 aliphatic rings. The summed E-state index contributed by atoms with van der Waals surface area (Å²) in [5, 5.41) is 9.34. The normalized spacial score (nSPS) is 11.8. The Bertz CT molecular complexity index is 270. The van der Waals surface area contributed by atoms with Crippen molar-refractivity contribution in [1.82, 2.24) is 0 Å². The highest BCUT2D eigenvalue weighted by Gasteiger charge is 1.98. The third kappa shape index (κ3) is 2.75. The molecule has 0 aliphatic heterocycles. The highest BCUT2D eigenvalue weighted by Crippen LogP contribution is 2.02. The first-order valence-corrected chi connectivity index (χ1v) is 3.91. The molecule has 0 saturated carbocycles. The number of rotatable bonds is 3. The topological polar surface area (TPSA) is 20.2 Å². The summed E-state index contributed by atoms with van der Waals surface area (Å²) in [7, 11) is 0. The molecule has 0 amide bonds. The van der Waals surface area contributed by atoms with Crippen molar-refractivity contribution in [3.63, 3.8) is 0 Å². The van der Waals surface area contributed by atoms with E-state index in [0.29, 0.717) is 6.42 Å². The van der Waals surface area contributed by atoms with E-state index in [9.17, 15) is 5.11 Å². The molecule has 1 rings (SSSR count). The Kier molecular flexibility index (Phi) is 3.34. The van der Waals surface area contributed by atoms with Crippen molar-refractivity contribution in [2.45, 2.75) is 12.5 Å². The van der Waals surface area contributed by atoms with Gasteiger partial charge in [-0.05, 0) is 11.6 Å². The van der Waals surface area contributed by atoms with Crippen LogP contribution in [0.3, 0.4) is 0 Å². The Morgan fingerprint density at radius 2 is 2.08 bits per heavy atom. The molecule has 0 aromatic heterocycles. The van der Waals surface area contributed by atoms with E-state index in [2.05, 4.69) is 12.3 Å². The highest BCUT2D eigenvalue weighted by molar-refractivity contribution is 5.16. The van der Waals surface area contributed by atoms with Crippen LogP contribution in [0.15, 0.2) is 48.7 Å². The maximum absolute atomic E-state index is 9.34. The maximum Gasteiger partial charge on any atom is 0.0834 e. The average molecular weight is 160 g/mol. The summed E-state index contributed by atoms with van der Waals surface area (Å²) in [6.45, 7) is 3.40. The van der Waals surface area contributed by atoms with E-state index in [1.165, 1.54) is 0 Å². The minimum Gasteiger partial charge on any atom is -0.388 e. The molecular formula is C11H12O. The van der Waals surface area contributed by atoms with Gasteiger partial charge in [-0.2, -0.15) is 0 Å². The lowest BCUT2D eigenvalue weighted by Gasteiger charge is -2.03. The van der Waals surface area contributed by atoms with Crippen molar-refractivity contribution < 1.29 is 5.11 Å². The zero-order valence-corrected chi connectivity index (χ0v) is 6.90. The Labute approximate surface area is 72.7 Å². The summed E-state index contributed by atoms with van der Waals surface area (Å²) in [5.41, 5.74) is 3.68. The smallest absolute Gasteiger partial charge is 0.0834 e. The van der Waals surface area contributed by atoms with Gasteiger partial charge in [0, 0.05) is 6.42 Å². The van der Waals surface area contributed by atoms with Crippen molar-refractivity contribution >= 4 is 0 Å². The zero-order valence-electron chi connectivity index (χ0n) is 6.90. The van der Waals surface area contributed by atoms with Crippen LogP contribution in [0.25, 0.3) is 0 Å². The molecule has 0 bridgehead atoms. The fourth-order valence-corrected chi connectivity index (χ4v) is 1.05. The molecule has 0 aliphatic carbocycles. The van der Waals surface area contributed by atoms with Gasteiger partial charge < -0.3 is 5.11 Å². The van der Waals surface area contributed by atoms with E-state index in [1.807, 2.05) is 30.3 Å². The molecule has 1 nitrogen and oxygen atoms in total. The molecule has 1 aromatic carbocycles. The number of aliphatic hydroxyl groups excluding tert-OH is 1. The van der Waals surface area contributed by atoms with Gasteiger partial charge in [0.25, 0.3) is 0 Å². The zero-order chi connectivity index (χ0) is 8.81. The summed E-state index contributed by atoms with van der Waals surface area (Å²) in [4.78, 5) is 0. The first-order chi connectivity index (χ1) is 5.83. The largest absolute Gasteiger partial charge is 0.388 e. The fourth-order valence-electron chi connectivity index (χ4n) is 1.05. The Morgan fingerprint density at radius 1 is 1.42 bits per heavy atom. The molecule has 0 saturated heterocycles. The van der Waals surface area contributed by atoms with Gasteiger partial charge in [0.15, 0.2) is 0 Å². The van der Waals surface area contributed by atoms with Crippen LogP contribution >= 0.6 is 0 Å². The first kappa shape index (κ1) is 8.79. The Morgan fingerprint density at radius 3 is 2.67 bits per heavy atom. The number of hydrogen-bond donors (Lipinski definition) is 1. The van der Waals surface area contributed by atoms with Crippen LogP contribution in [-0.4, -0.2) is 11.2 Å². The molecule has 0 radical (unpaired) electrons. The van der Waals surface area contributed by atoms with Crippen LogP contribution in [0.1, 0.15) is 5.56 Å². The monoisotopic (exact) mass is 160 g/mol. The first-order valence-electron chi connectivity index (χ1n) is 3.91. The Balaban J connectivity index is 2.58. The van der Waals surface area contributed by atoms with Crippen LogP contribution in [-0.2, 0) is 6.42 Å². The van der Waals surface area contributed by atoms with Crippen LogP contribution < -0.4 is 0 Å². The highest BCUT2D eigenvalue weighted by atomic mass is 16.3. The molecular weight excluding hydrogens is 148 g/mol. The van der Waals surface area contributed by atoms with Gasteiger partial charge in [0.2, 0.25) is 0 Å². The van der Waals surface area contributed by atoms with E-state index in [-0.39, 0.29) is 0 Å². The number of hydrogen-bond acceptors (Lipinski definition) is 1. The maximum atomic E-state index is 9.34. The number of benzene rings is 1. The predicted octanol–water partition coefficient (Wildman–Crippen LogP) is 1.93. The van der Waals surface area contributed by atoms with E-state index < -0.39 is 6.10 Å². The van der Waals surface area contributed by atoms with E-state index >= 15 is 0 Å².